The van der Waals surface area contributed by atoms with Gasteiger partial charge >= 0.3 is 0 Å². The molecular formula is C15H23ClN2O. The molecule has 0 bridgehead atoms. The summed E-state index contributed by atoms with van der Waals surface area (Å²) in [5, 5.41) is 4.22. The first kappa shape index (κ1) is 14.6. The van der Waals surface area contributed by atoms with E-state index in [1.165, 1.54) is 5.69 Å². The van der Waals surface area contributed by atoms with Gasteiger partial charge in [0.1, 0.15) is 0 Å². The van der Waals surface area contributed by atoms with Gasteiger partial charge in [0.2, 0.25) is 0 Å². The van der Waals surface area contributed by atoms with Crippen molar-refractivity contribution in [2.75, 3.05) is 31.7 Å². The first-order chi connectivity index (χ1) is 9.22. The van der Waals surface area contributed by atoms with Crippen molar-refractivity contribution in [3.8, 4) is 0 Å². The molecule has 2 rings (SSSR count). The van der Waals surface area contributed by atoms with Crippen molar-refractivity contribution >= 4 is 17.3 Å². The van der Waals surface area contributed by atoms with Crippen LogP contribution in [0.15, 0.2) is 18.2 Å². The molecule has 1 atom stereocenters. The van der Waals surface area contributed by atoms with E-state index in [0.717, 1.165) is 49.7 Å². The Kier molecular flexibility index (Phi) is 5.49. The van der Waals surface area contributed by atoms with Gasteiger partial charge in [-0.3, -0.25) is 0 Å². The lowest BCUT2D eigenvalue weighted by atomic mass is 10.1. The van der Waals surface area contributed by atoms with Crippen molar-refractivity contribution in [1.82, 2.24) is 5.32 Å². The molecule has 0 amide bonds. The van der Waals surface area contributed by atoms with Crippen molar-refractivity contribution in [2.24, 2.45) is 0 Å². The average molecular weight is 283 g/mol. The Hall–Kier alpha value is -0.770. The van der Waals surface area contributed by atoms with Gasteiger partial charge in [0.15, 0.2) is 0 Å². The second-order valence-corrected chi connectivity index (χ2v) is 5.49. The fraction of sp³-hybridized carbons (Fsp3) is 0.600. The smallest absolute Gasteiger partial charge is 0.0670 e. The standard InChI is InChI=1S/C15H23ClN2O/c1-3-7-17-10-12-4-5-13(9-15(12)16)18(2)14-6-8-19-11-14/h4-5,9,14,17H,3,6-8,10-11H2,1-2H3. The summed E-state index contributed by atoms with van der Waals surface area (Å²) in [6.07, 6.45) is 2.23. The third kappa shape index (κ3) is 3.85. The summed E-state index contributed by atoms with van der Waals surface area (Å²) in [5.41, 5.74) is 2.33. The fourth-order valence-corrected chi connectivity index (χ4v) is 2.58. The van der Waals surface area contributed by atoms with Gasteiger partial charge < -0.3 is 15.0 Å². The molecule has 1 unspecified atom stereocenters. The number of halogens is 1. The Bertz CT molecular complexity index is 405. The molecular weight excluding hydrogens is 260 g/mol. The van der Waals surface area contributed by atoms with Crippen LogP contribution in [0.4, 0.5) is 5.69 Å². The Morgan fingerprint density at radius 3 is 2.95 bits per heavy atom. The van der Waals surface area contributed by atoms with Gasteiger partial charge in [-0.2, -0.15) is 0 Å². The Labute approximate surface area is 120 Å². The largest absolute Gasteiger partial charge is 0.379 e. The Morgan fingerprint density at radius 1 is 1.47 bits per heavy atom. The maximum absolute atomic E-state index is 6.36. The monoisotopic (exact) mass is 282 g/mol. The zero-order chi connectivity index (χ0) is 13.7. The van der Waals surface area contributed by atoms with Crippen molar-refractivity contribution < 1.29 is 4.74 Å². The van der Waals surface area contributed by atoms with Crippen LogP contribution in [0.2, 0.25) is 5.02 Å². The predicted molar refractivity (Wildman–Crippen MR) is 81.1 cm³/mol. The highest BCUT2D eigenvalue weighted by atomic mass is 35.5. The molecule has 106 valence electrons. The first-order valence-corrected chi connectivity index (χ1v) is 7.40. The highest BCUT2D eigenvalue weighted by Crippen LogP contribution is 2.26. The zero-order valence-electron chi connectivity index (χ0n) is 11.8. The molecule has 1 fully saturated rings. The van der Waals surface area contributed by atoms with Gasteiger partial charge in [-0.25, -0.2) is 0 Å². The minimum absolute atomic E-state index is 0.472. The maximum Gasteiger partial charge on any atom is 0.0670 e. The molecule has 1 saturated heterocycles. The normalized spacial score (nSPS) is 18.8. The lowest BCUT2D eigenvalue weighted by Gasteiger charge is -2.26. The Balaban J connectivity index is 2.00. The maximum atomic E-state index is 6.36. The molecule has 1 N–H and O–H groups in total. The average Bonchev–Trinajstić information content (AvgIpc) is 2.94. The van der Waals surface area contributed by atoms with Crippen LogP contribution in [0.25, 0.3) is 0 Å². The topological polar surface area (TPSA) is 24.5 Å². The molecule has 3 nitrogen and oxygen atoms in total. The summed E-state index contributed by atoms with van der Waals surface area (Å²) in [4.78, 5) is 2.27. The molecule has 4 heteroatoms. The number of likely N-dealkylation sites (N-methyl/N-ethyl adjacent to an activating group) is 1. The van der Waals surface area contributed by atoms with Gasteiger partial charge in [0.05, 0.1) is 12.6 Å². The van der Waals surface area contributed by atoms with Crippen LogP contribution in [-0.2, 0) is 11.3 Å². The van der Waals surface area contributed by atoms with E-state index in [-0.39, 0.29) is 0 Å². The molecule has 1 heterocycles. The van der Waals surface area contributed by atoms with E-state index in [4.69, 9.17) is 16.3 Å². The molecule has 0 radical (unpaired) electrons. The Morgan fingerprint density at radius 2 is 2.32 bits per heavy atom. The van der Waals surface area contributed by atoms with Gasteiger partial charge in [0.25, 0.3) is 0 Å². The molecule has 0 saturated carbocycles. The highest BCUT2D eigenvalue weighted by Gasteiger charge is 2.20. The number of ether oxygens (including phenoxy) is 1. The molecule has 19 heavy (non-hydrogen) atoms. The summed E-state index contributed by atoms with van der Waals surface area (Å²) < 4.78 is 5.43. The summed E-state index contributed by atoms with van der Waals surface area (Å²) in [5.74, 6) is 0. The number of rotatable bonds is 6. The van der Waals surface area contributed by atoms with Gasteiger partial charge in [-0.15, -0.1) is 0 Å². The van der Waals surface area contributed by atoms with Crippen LogP contribution in [0, 0.1) is 0 Å². The number of hydrogen-bond donors (Lipinski definition) is 1. The molecule has 1 aliphatic rings. The quantitative estimate of drug-likeness (QED) is 0.812. The highest BCUT2D eigenvalue weighted by molar-refractivity contribution is 6.31. The van der Waals surface area contributed by atoms with E-state index < -0.39 is 0 Å². The third-order valence-corrected chi connectivity index (χ3v) is 3.99. The first-order valence-electron chi connectivity index (χ1n) is 7.02. The van der Waals surface area contributed by atoms with Crippen LogP contribution >= 0.6 is 11.6 Å². The number of nitrogens with zero attached hydrogens (tertiary/aromatic N) is 1. The fourth-order valence-electron chi connectivity index (χ4n) is 2.34. The number of hydrogen-bond acceptors (Lipinski definition) is 3. The van der Waals surface area contributed by atoms with Crippen LogP contribution in [-0.4, -0.2) is 32.8 Å². The molecule has 1 aromatic rings. The van der Waals surface area contributed by atoms with Crippen molar-refractivity contribution in [3.05, 3.63) is 28.8 Å². The minimum Gasteiger partial charge on any atom is -0.379 e. The zero-order valence-corrected chi connectivity index (χ0v) is 12.5. The van der Waals surface area contributed by atoms with E-state index in [1.54, 1.807) is 0 Å². The summed E-state index contributed by atoms with van der Waals surface area (Å²) in [7, 11) is 2.11. The number of nitrogens with one attached hydrogen (secondary N) is 1. The van der Waals surface area contributed by atoms with Crippen LogP contribution in [0.5, 0.6) is 0 Å². The third-order valence-electron chi connectivity index (χ3n) is 3.64. The minimum atomic E-state index is 0.472. The van der Waals surface area contributed by atoms with Crippen LogP contribution < -0.4 is 10.2 Å². The SMILES string of the molecule is CCCNCc1ccc(N(C)C2CCOC2)cc1Cl. The molecule has 1 aliphatic heterocycles. The second kappa shape index (κ2) is 7.13. The second-order valence-electron chi connectivity index (χ2n) is 5.08. The van der Waals surface area contributed by atoms with E-state index >= 15 is 0 Å². The molecule has 1 aromatic carbocycles. The lowest BCUT2D eigenvalue weighted by molar-refractivity contribution is 0.193. The van der Waals surface area contributed by atoms with Crippen molar-refractivity contribution in [1.29, 1.82) is 0 Å². The molecule has 0 aromatic heterocycles. The molecule has 0 aliphatic carbocycles. The number of anilines is 1. The summed E-state index contributed by atoms with van der Waals surface area (Å²) >= 11 is 6.36. The van der Waals surface area contributed by atoms with E-state index in [0.29, 0.717) is 6.04 Å². The summed E-state index contributed by atoms with van der Waals surface area (Å²) in [6, 6.07) is 6.79. The van der Waals surface area contributed by atoms with Crippen LogP contribution in [0.1, 0.15) is 25.3 Å². The van der Waals surface area contributed by atoms with Gasteiger partial charge in [0, 0.05) is 30.9 Å². The molecule has 0 spiro atoms. The van der Waals surface area contributed by atoms with Crippen LogP contribution in [0.3, 0.4) is 0 Å². The van der Waals surface area contributed by atoms with E-state index in [9.17, 15) is 0 Å². The van der Waals surface area contributed by atoms with Crippen molar-refractivity contribution in [2.45, 2.75) is 32.4 Å². The van der Waals surface area contributed by atoms with Crippen molar-refractivity contribution in [3.63, 3.8) is 0 Å². The van der Waals surface area contributed by atoms with Gasteiger partial charge in [-0.1, -0.05) is 24.6 Å². The van der Waals surface area contributed by atoms with E-state index in [1.807, 2.05) is 0 Å². The predicted octanol–water partition coefficient (Wildman–Crippen LogP) is 3.06. The summed E-state index contributed by atoms with van der Waals surface area (Å²) in [6.45, 7) is 5.70. The number of benzene rings is 1. The van der Waals surface area contributed by atoms with E-state index in [2.05, 4.69) is 42.4 Å². The lowest BCUT2D eigenvalue weighted by Crippen LogP contribution is -2.31. The van der Waals surface area contributed by atoms with Gasteiger partial charge in [-0.05, 0) is 37.1 Å².